The third-order valence-corrected chi connectivity index (χ3v) is 10.7. The minimum atomic E-state index is -1.99. The summed E-state index contributed by atoms with van der Waals surface area (Å²) in [5, 5.41) is 0.0878. The van der Waals surface area contributed by atoms with Crippen LogP contribution in [0.1, 0.15) is 48.2 Å². The number of fused-ring (bicyclic) bond motifs is 1. The van der Waals surface area contributed by atoms with E-state index in [-0.39, 0.29) is 23.3 Å². The molecule has 1 heterocycles. The van der Waals surface area contributed by atoms with Gasteiger partial charge < -0.3 is 18.6 Å². The Morgan fingerprint density at radius 3 is 2.23 bits per heavy atom. The number of hydrogen-bond acceptors (Lipinski definition) is 5. The Bertz CT molecular complexity index is 959. The third-order valence-electron chi connectivity index (χ3n) is 6.31. The van der Waals surface area contributed by atoms with Crippen molar-refractivity contribution in [3.05, 3.63) is 47.0 Å². The molecular weight excluding hydrogens is 396 g/mol. The molecule has 0 saturated carbocycles. The second-order valence-electron chi connectivity index (χ2n) is 9.27. The number of rotatable bonds is 5. The summed E-state index contributed by atoms with van der Waals surface area (Å²) in [5.74, 6) is 2.33. The van der Waals surface area contributed by atoms with E-state index < -0.39 is 8.32 Å². The van der Waals surface area contributed by atoms with Gasteiger partial charge in [-0.15, -0.1) is 0 Å². The Labute approximate surface area is 180 Å². The van der Waals surface area contributed by atoms with Crippen LogP contribution >= 0.6 is 0 Å². The summed E-state index contributed by atoms with van der Waals surface area (Å²) < 4.78 is 23.3. The highest BCUT2D eigenvalue weighted by Gasteiger charge is 2.40. The smallest absolute Gasteiger partial charge is 0.250 e. The largest absolute Gasteiger partial charge is 0.543 e. The van der Waals surface area contributed by atoms with E-state index in [0.717, 1.165) is 16.9 Å². The second-order valence-corrected chi connectivity index (χ2v) is 14.0. The van der Waals surface area contributed by atoms with E-state index in [1.807, 2.05) is 37.3 Å². The van der Waals surface area contributed by atoms with E-state index in [2.05, 4.69) is 33.9 Å². The van der Waals surface area contributed by atoms with Crippen LogP contribution < -0.4 is 18.6 Å². The van der Waals surface area contributed by atoms with E-state index in [9.17, 15) is 4.79 Å². The Morgan fingerprint density at radius 1 is 1.00 bits per heavy atom. The summed E-state index contributed by atoms with van der Waals surface area (Å²) in [6.07, 6.45) is 0. The number of benzene rings is 2. The van der Waals surface area contributed by atoms with Gasteiger partial charge in [-0.3, -0.25) is 4.79 Å². The minimum Gasteiger partial charge on any atom is -0.543 e. The van der Waals surface area contributed by atoms with Gasteiger partial charge in [0.1, 0.15) is 18.1 Å². The number of ether oxygens (including phenoxy) is 3. The molecule has 5 nitrogen and oxygen atoms in total. The molecule has 0 saturated heterocycles. The molecule has 2 aromatic carbocycles. The molecule has 6 heteroatoms. The van der Waals surface area contributed by atoms with Gasteiger partial charge >= 0.3 is 0 Å². The van der Waals surface area contributed by atoms with Crippen molar-refractivity contribution < 1.29 is 23.4 Å². The molecule has 0 radical (unpaired) electrons. The third kappa shape index (κ3) is 3.93. The Balaban J connectivity index is 1.93. The predicted molar refractivity (Wildman–Crippen MR) is 121 cm³/mol. The lowest BCUT2D eigenvalue weighted by Gasteiger charge is -2.37. The zero-order chi connectivity index (χ0) is 22.3. The van der Waals surface area contributed by atoms with E-state index in [4.69, 9.17) is 18.6 Å². The molecule has 0 aromatic heterocycles. The predicted octanol–water partition coefficient (Wildman–Crippen LogP) is 5.76. The van der Waals surface area contributed by atoms with Crippen molar-refractivity contribution in [1.29, 1.82) is 0 Å². The van der Waals surface area contributed by atoms with Crippen molar-refractivity contribution >= 4 is 14.1 Å². The number of methoxy groups -OCH3 is 2. The molecule has 0 N–H and O–H groups in total. The number of carbonyl (C=O) groups is 1. The van der Waals surface area contributed by atoms with Crippen molar-refractivity contribution in [3.63, 3.8) is 0 Å². The first kappa shape index (κ1) is 22.2. The van der Waals surface area contributed by atoms with Gasteiger partial charge in [0.05, 0.1) is 25.7 Å². The maximum absolute atomic E-state index is 13.3. The summed E-state index contributed by atoms with van der Waals surface area (Å²) in [6, 6.07) is 9.29. The molecule has 1 aliphatic heterocycles. The van der Waals surface area contributed by atoms with Crippen molar-refractivity contribution in [2.75, 3.05) is 20.8 Å². The van der Waals surface area contributed by atoms with Crippen LogP contribution in [0, 0.1) is 6.92 Å². The number of ketones is 1. The van der Waals surface area contributed by atoms with Crippen LogP contribution in [0.25, 0.3) is 0 Å². The van der Waals surface area contributed by atoms with Crippen molar-refractivity contribution in [2.45, 2.75) is 51.7 Å². The highest BCUT2D eigenvalue weighted by molar-refractivity contribution is 6.74. The molecular formula is C24H32O5Si. The van der Waals surface area contributed by atoms with E-state index in [1.165, 1.54) is 0 Å². The van der Waals surface area contributed by atoms with Gasteiger partial charge in [-0.25, -0.2) is 0 Å². The van der Waals surface area contributed by atoms with Crippen LogP contribution in [0.4, 0.5) is 0 Å². The maximum Gasteiger partial charge on any atom is 0.250 e. The summed E-state index contributed by atoms with van der Waals surface area (Å²) >= 11 is 0. The first-order valence-electron chi connectivity index (χ1n) is 10.2. The second kappa shape index (κ2) is 7.98. The Kier molecular flexibility index (Phi) is 5.91. The van der Waals surface area contributed by atoms with E-state index in [1.54, 1.807) is 14.2 Å². The summed E-state index contributed by atoms with van der Waals surface area (Å²) in [4.78, 5) is 13.3. The fourth-order valence-corrected chi connectivity index (χ4v) is 4.42. The standard InChI is InChI=1S/C24H32O5Si/c1-15-19(29-30(7,8)24(2,3)4)12-10-17-22(25)18(14-28-23(15)17)16-9-11-20(26-5)21(13-16)27-6/h9-13,18H,14H2,1-8H3. The fourth-order valence-electron chi connectivity index (χ4n) is 3.34. The summed E-state index contributed by atoms with van der Waals surface area (Å²) in [7, 11) is 1.19. The van der Waals surface area contributed by atoms with Gasteiger partial charge in [-0.1, -0.05) is 26.8 Å². The highest BCUT2D eigenvalue weighted by Crippen LogP contribution is 2.43. The van der Waals surface area contributed by atoms with Crippen molar-refractivity contribution in [1.82, 2.24) is 0 Å². The van der Waals surface area contributed by atoms with Gasteiger partial charge in [0.25, 0.3) is 0 Å². The molecule has 1 aliphatic rings. The van der Waals surface area contributed by atoms with E-state index in [0.29, 0.717) is 22.8 Å². The number of Topliss-reactive ketones (excluding diaryl/α,β-unsaturated/α-hetero) is 1. The monoisotopic (exact) mass is 428 g/mol. The number of carbonyl (C=O) groups excluding carboxylic acids is 1. The first-order chi connectivity index (χ1) is 14.0. The van der Waals surface area contributed by atoms with Crippen molar-refractivity contribution in [2.24, 2.45) is 0 Å². The van der Waals surface area contributed by atoms with E-state index >= 15 is 0 Å². The molecule has 1 unspecified atom stereocenters. The summed E-state index contributed by atoms with van der Waals surface area (Å²) in [5.41, 5.74) is 2.33. The van der Waals surface area contributed by atoms with Gasteiger partial charge in [0, 0.05) is 5.56 Å². The van der Waals surface area contributed by atoms with Crippen LogP contribution in [0.3, 0.4) is 0 Å². The molecule has 0 amide bonds. The molecule has 3 rings (SSSR count). The zero-order valence-corrected chi connectivity index (χ0v) is 20.2. The SMILES string of the molecule is COc1ccc(C2COc3c(ccc(O[Si](C)(C)C(C)(C)C)c3C)C2=O)cc1OC. The lowest BCUT2D eigenvalue weighted by molar-refractivity contribution is 0.0895. The van der Waals surface area contributed by atoms with Crippen LogP contribution in [-0.4, -0.2) is 34.9 Å². The normalized spacial score (nSPS) is 16.5. The fraction of sp³-hybridized carbons (Fsp3) is 0.458. The summed E-state index contributed by atoms with van der Waals surface area (Å²) in [6.45, 7) is 13.3. The van der Waals surface area contributed by atoms with Gasteiger partial charge in [-0.2, -0.15) is 0 Å². The topological polar surface area (TPSA) is 54.0 Å². The average Bonchev–Trinajstić information content (AvgIpc) is 2.69. The van der Waals surface area contributed by atoms with Crippen LogP contribution in [0.5, 0.6) is 23.0 Å². The molecule has 162 valence electrons. The molecule has 0 aliphatic carbocycles. The lowest BCUT2D eigenvalue weighted by Crippen LogP contribution is -2.44. The quantitative estimate of drug-likeness (QED) is 0.567. The molecule has 0 bridgehead atoms. The first-order valence-corrected chi connectivity index (χ1v) is 13.1. The van der Waals surface area contributed by atoms with Gasteiger partial charge in [-0.05, 0) is 54.9 Å². The Hall–Kier alpha value is -2.47. The van der Waals surface area contributed by atoms with Gasteiger partial charge in [0.2, 0.25) is 8.32 Å². The van der Waals surface area contributed by atoms with Crippen LogP contribution in [0.2, 0.25) is 18.1 Å². The molecule has 0 spiro atoms. The number of hydrogen-bond donors (Lipinski definition) is 0. The highest BCUT2D eigenvalue weighted by atomic mass is 28.4. The molecule has 2 aromatic rings. The lowest BCUT2D eigenvalue weighted by atomic mass is 9.88. The average molecular weight is 429 g/mol. The Morgan fingerprint density at radius 2 is 1.63 bits per heavy atom. The molecule has 0 fully saturated rings. The minimum absolute atomic E-state index is 0.0467. The van der Waals surface area contributed by atoms with Crippen LogP contribution in [-0.2, 0) is 0 Å². The van der Waals surface area contributed by atoms with Crippen LogP contribution in [0.15, 0.2) is 30.3 Å². The zero-order valence-electron chi connectivity index (χ0n) is 19.2. The van der Waals surface area contributed by atoms with Crippen molar-refractivity contribution in [3.8, 4) is 23.0 Å². The van der Waals surface area contributed by atoms with Gasteiger partial charge in [0.15, 0.2) is 17.3 Å². The molecule has 30 heavy (non-hydrogen) atoms. The molecule has 1 atom stereocenters. The maximum atomic E-state index is 13.3.